The number of rotatable bonds is 20. The molecule has 0 aromatic heterocycles. The van der Waals surface area contributed by atoms with E-state index in [4.69, 9.17) is 10.2 Å². The minimum Gasteiger partial charge on any atom is -0.481 e. The summed E-state index contributed by atoms with van der Waals surface area (Å²) in [6.07, 6.45) is 0.392. The van der Waals surface area contributed by atoms with Gasteiger partial charge in [-0.05, 0) is 50.3 Å². The van der Waals surface area contributed by atoms with Crippen molar-refractivity contribution in [1.82, 2.24) is 26.6 Å². The quantitative estimate of drug-likeness (QED) is 0.0735. The summed E-state index contributed by atoms with van der Waals surface area (Å²) in [6.45, 7) is 1.96. The third-order valence-corrected chi connectivity index (χ3v) is 10.7. The number of nitrogens with zero attached hydrogens (tertiary/aromatic N) is 1. The lowest BCUT2D eigenvalue weighted by Crippen LogP contribution is -2.56. The number of aliphatic carboxylic acids is 3. The first-order valence-corrected chi connectivity index (χ1v) is 20.1. The smallest absolute Gasteiger partial charge is 0.325 e. The second kappa shape index (κ2) is 20.9. The lowest BCUT2D eigenvalue weighted by Gasteiger charge is -2.31. The summed E-state index contributed by atoms with van der Waals surface area (Å²) in [5.41, 5.74) is 2.08. The molecular weight excluding hydrogens is 809 g/mol. The first-order valence-electron chi connectivity index (χ1n) is 20.1. The number of piperidine rings is 1. The van der Waals surface area contributed by atoms with E-state index < -0.39 is 121 Å². The molecule has 328 valence electrons. The van der Waals surface area contributed by atoms with Crippen LogP contribution in [0.2, 0.25) is 0 Å². The van der Waals surface area contributed by atoms with Gasteiger partial charge in [0.05, 0.1) is 18.9 Å². The minimum absolute atomic E-state index is 0.156. The molecule has 2 aliphatic rings. The summed E-state index contributed by atoms with van der Waals surface area (Å²) in [4.78, 5) is 130. The van der Waals surface area contributed by atoms with Crippen LogP contribution in [0.15, 0.2) is 60.7 Å². The molecule has 1 aliphatic carbocycles. The number of Topliss-reactive ketones (excluding diaryl/α,β-unsaturated/α-hetero) is 2. The predicted octanol–water partition coefficient (Wildman–Crippen LogP) is 0.958. The lowest BCUT2D eigenvalue weighted by molar-refractivity contribution is -0.142. The molecule has 3 aromatic carbocycles. The molecule has 0 bridgehead atoms. The topological polar surface area (TPSA) is 295 Å². The Kier molecular flexibility index (Phi) is 15.5. The summed E-state index contributed by atoms with van der Waals surface area (Å²) in [7, 11) is 0. The Labute approximate surface area is 355 Å². The minimum atomic E-state index is -1.81. The third kappa shape index (κ3) is 11.8. The molecule has 5 amide bonds. The number of anilines is 1. The first kappa shape index (κ1) is 45.9. The summed E-state index contributed by atoms with van der Waals surface area (Å²) in [5, 5.41) is 40.4. The van der Waals surface area contributed by atoms with Crippen LogP contribution < -0.4 is 31.5 Å². The molecule has 3 aromatic rings. The van der Waals surface area contributed by atoms with E-state index in [2.05, 4.69) is 31.5 Å². The van der Waals surface area contributed by atoms with Crippen LogP contribution in [-0.4, -0.2) is 118 Å². The fraction of sp³-hybridized carbons (Fsp3) is 0.395. The fourth-order valence-electron chi connectivity index (χ4n) is 7.49. The van der Waals surface area contributed by atoms with Crippen LogP contribution in [0.3, 0.4) is 0 Å². The van der Waals surface area contributed by atoms with Gasteiger partial charge in [0.15, 0.2) is 11.6 Å². The van der Waals surface area contributed by atoms with Crippen molar-refractivity contribution in [2.75, 3.05) is 24.5 Å². The molecule has 1 heterocycles. The van der Waals surface area contributed by atoms with Crippen molar-refractivity contribution in [2.45, 2.75) is 82.5 Å². The average molecular weight is 857 g/mol. The standard InChI is InChI=1S/C43H48N6O13/c1-23(43(61)62)45-41(59)29(14-16-35(52)53)46-34(51)22-44-40(58)31(21-36(54)55)48-42(60)30(19-24-9-4-2-5-10-24)47-33(50)20-28-38(56)26-12-8-11-25-32(49-17-6-3-7-18-49)15-13-27(37(25)26)39(28)57/h2,4-5,8-13,15,23,28-31H,3,6-7,14,16-22H2,1H3,(H,44,58)(H,45,59)(H,46,51)(H,47,50)(H,48,60)(H,52,53)(H,54,55)(H,61,62)/t23-,28?,29-,30-,31-/m0/s1. The van der Waals surface area contributed by atoms with E-state index in [-0.39, 0.29) is 6.42 Å². The molecule has 0 spiro atoms. The largest absolute Gasteiger partial charge is 0.481 e. The molecule has 0 saturated carbocycles. The number of nitrogens with one attached hydrogen (secondary N) is 5. The van der Waals surface area contributed by atoms with Crippen LogP contribution in [-0.2, 0) is 44.8 Å². The van der Waals surface area contributed by atoms with Crippen LogP contribution in [0, 0.1) is 5.92 Å². The van der Waals surface area contributed by atoms with Gasteiger partial charge in [0.25, 0.3) is 0 Å². The Bertz CT molecular complexity index is 2240. The van der Waals surface area contributed by atoms with E-state index in [0.717, 1.165) is 50.3 Å². The highest BCUT2D eigenvalue weighted by Gasteiger charge is 2.39. The van der Waals surface area contributed by atoms with Crippen molar-refractivity contribution in [2.24, 2.45) is 5.92 Å². The Morgan fingerprint density at radius 3 is 1.97 bits per heavy atom. The summed E-state index contributed by atoms with van der Waals surface area (Å²) < 4.78 is 0. The monoisotopic (exact) mass is 856 g/mol. The molecule has 8 N–H and O–H groups in total. The maximum Gasteiger partial charge on any atom is 0.325 e. The van der Waals surface area contributed by atoms with E-state index in [0.29, 0.717) is 22.1 Å². The van der Waals surface area contributed by atoms with Gasteiger partial charge in [-0.2, -0.15) is 0 Å². The zero-order chi connectivity index (χ0) is 45.1. The van der Waals surface area contributed by atoms with Gasteiger partial charge in [0.1, 0.15) is 24.2 Å². The van der Waals surface area contributed by atoms with E-state index in [1.807, 2.05) is 12.1 Å². The predicted molar refractivity (Wildman–Crippen MR) is 220 cm³/mol. The van der Waals surface area contributed by atoms with Crippen molar-refractivity contribution in [3.8, 4) is 0 Å². The van der Waals surface area contributed by atoms with E-state index >= 15 is 0 Å². The second-order valence-corrected chi connectivity index (χ2v) is 15.2. The van der Waals surface area contributed by atoms with Crippen molar-refractivity contribution in [3.05, 3.63) is 77.4 Å². The summed E-state index contributed by atoms with van der Waals surface area (Å²) in [5.74, 6) is -11.8. The van der Waals surface area contributed by atoms with Crippen LogP contribution in [0.1, 0.15) is 78.1 Å². The van der Waals surface area contributed by atoms with Gasteiger partial charge in [-0.3, -0.25) is 47.9 Å². The van der Waals surface area contributed by atoms with E-state index in [1.165, 1.54) is 0 Å². The molecule has 1 fully saturated rings. The van der Waals surface area contributed by atoms with Crippen molar-refractivity contribution in [3.63, 3.8) is 0 Å². The fourth-order valence-corrected chi connectivity index (χ4v) is 7.49. The summed E-state index contributed by atoms with van der Waals surface area (Å²) >= 11 is 0. The van der Waals surface area contributed by atoms with Crippen molar-refractivity contribution < 1.29 is 63.3 Å². The van der Waals surface area contributed by atoms with Crippen LogP contribution in [0.25, 0.3) is 10.8 Å². The molecule has 62 heavy (non-hydrogen) atoms. The normalized spacial score (nSPS) is 16.5. The van der Waals surface area contributed by atoms with Gasteiger partial charge in [0, 0.05) is 59.9 Å². The second-order valence-electron chi connectivity index (χ2n) is 15.2. The van der Waals surface area contributed by atoms with Crippen LogP contribution in [0.5, 0.6) is 0 Å². The molecule has 1 saturated heterocycles. The number of hydrogen-bond donors (Lipinski definition) is 8. The van der Waals surface area contributed by atoms with Gasteiger partial charge in [-0.1, -0.05) is 48.5 Å². The highest BCUT2D eigenvalue weighted by Crippen LogP contribution is 2.39. The van der Waals surface area contributed by atoms with Gasteiger partial charge in [0.2, 0.25) is 29.5 Å². The molecule has 5 atom stereocenters. The number of benzene rings is 3. The zero-order valence-corrected chi connectivity index (χ0v) is 33.8. The highest BCUT2D eigenvalue weighted by molar-refractivity contribution is 6.31. The Balaban J connectivity index is 1.28. The number of carbonyl (C=O) groups excluding carboxylic acids is 7. The molecule has 19 heteroatoms. The van der Waals surface area contributed by atoms with Gasteiger partial charge in [-0.15, -0.1) is 0 Å². The van der Waals surface area contributed by atoms with Crippen molar-refractivity contribution in [1.29, 1.82) is 0 Å². The van der Waals surface area contributed by atoms with E-state index in [9.17, 15) is 53.1 Å². The van der Waals surface area contributed by atoms with Crippen LogP contribution >= 0.6 is 0 Å². The maximum absolute atomic E-state index is 13.9. The van der Waals surface area contributed by atoms with Crippen LogP contribution in [0.4, 0.5) is 5.69 Å². The molecule has 5 rings (SSSR count). The number of ketones is 2. The number of amides is 5. The van der Waals surface area contributed by atoms with Crippen molar-refractivity contribution >= 4 is 75.5 Å². The SMILES string of the molecule is C[C@H](NC(=O)[C@H](CCC(=O)O)NC(=O)CNC(=O)[C@H](CC(=O)O)NC(=O)[C@H](Cc1ccccc1)NC(=O)CC1C(=O)c2cccc3c(N4CCCCC4)ccc(c23)C1=O)C(=O)O. The zero-order valence-electron chi connectivity index (χ0n) is 33.8. The molecule has 1 unspecified atom stereocenters. The first-order chi connectivity index (χ1) is 29.5. The number of hydrogen-bond acceptors (Lipinski definition) is 11. The third-order valence-electron chi connectivity index (χ3n) is 10.7. The Hall–Kier alpha value is -7.18. The highest BCUT2D eigenvalue weighted by atomic mass is 16.4. The van der Waals surface area contributed by atoms with Gasteiger partial charge >= 0.3 is 17.9 Å². The molecule has 1 aliphatic heterocycles. The molecule has 19 nitrogen and oxygen atoms in total. The van der Waals surface area contributed by atoms with Gasteiger partial charge in [-0.25, -0.2) is 0 Å². The lowest BCUT2D eigenvalue weighted by atomic mass is 9.78. The Morgan fingerprint density at radius 2 is 1.32 bits per heavy atom. The van der Waals surface area contributed by atoms with E-state index in [1.54, 1.807) is 48.5 Å². The summed E-state index contributed by atoms with van der Waals surface area (Å²) in [6, 6.07) is 11.0. The van der Waals surface area contributed by atoms with Gasteiger partial charge < -0.3 is 46.8 Å². The number of carbonyl (C=O) groups is 10. The number of carboxylic acid groups (broad SMARTS) is 3. The number of carboxylic acids is 3. The molecular formula is C43H48N6O13. The molecule has 0 radical (unpaired) electrons. The average Bonchev–Trinajstić information content (AvgIpc) is 3.24. The maximum atomic E-state index is 13.9. The Morgan fingerprint density at radius 1 is 0.677 bits per heavy atom.